The summed E-state index contributed by atoms with van der Waals surface area (Å²) in [5.41, 5.74) is 6.25. The van der Waals surface area contributed by atoms with Gasteiger partial charge in [0.2, 0.25) is 5.91 Å². The number of amides is 1. The maximum absolute atomic E-state index is 12.8. The number of anilines is 1. The average Bonchev–Trinajstić information content (AvgIpc) is 3.40. The molecule has 0 spiro atoms. The number of carbonyl (C=O) groups excluding carboxylic acids is 1. The minimum absolute atomic E-state index is 0.0783. The number of nitrogens with one attached hydrogen (secondary N) is 1. The van der Waals surface area contributed by atoms with Gasteiger partial charge in [-0.3, -0.25) is 9.79 Å². The molecule has 158 valence electrons. The first-order valence-corrected chi connectivity index (χ1v) is 11.2. The zero-order chi connectivity index (χ0) is 21.7. The summed E-state index contributed by atoms with van der Waals surface area (Å²) in [6.07, 6.45) is 0.304. The Kier molecular flexibility index (Phi) is 4.81. The van der Waals surface area contributed by atoms with Crippen molar-refractivity contribution in [2.75, 3.05) is 18.4 Å². The molecule has 0 aliphatic carbocycles. The lowest BCUT2D eigenvalue weighted by molar-refractivity contribution is -0.115. The van der Waals surface area contributed by atoms with Gasteiger partial charge in [-0.25, -0.2) is 4.98 Å². The van der Waals surface area contributed by atoms with Crippen LogP contribution in [0.25, 0.3) is 16.7 Å². The molecule has 0 atom stereocenters. The molecule has 1 amide bonds. The Balaban J connectivity index is 1.44. The molecule has 2 aromatic heterocycles. The number of amidine groups is 1. The van der Waals surface area contributed by atoms with E-state index in [1.54, 1.807) is 16.4 Å². The third-order valence-corrected chi connectivity index (χ3v) is 6.50. The highest BCUT2D eigenvalue weighted by atomic mass is 32.2. The number of thioether (sulfide) groups is 1. The lowest BCUT2D eigenvalue weighted by Crippen LogP contribution is -2.24. The minimum Gasteiger partial charge on any atom is -0.322 e. The summed E-state index contributed by atoms with van der Waals surface area (Å²) >= 11 is 1.58. The van der Waals surface area contributed by atoms with E-state index in [2.05, 4.69) is 53.2 Å². The maximum Gasteiger partial charge on any atom is 0.231 e. The molecule has 4 heterocycles. The number of hydrogen-bond donors (Lipinski definition) is 1. The SMILES string of the molecule is Cc1cc(C)c2nc(-n3nc(C)cc3NC(=O)CC3=CSC4=NCCN34)cc(C)c2c1. The van der Waals surface area contributed by atoms with E-state index in [1.807, 2.05) is 24.5 Å². The van der Waals surface area contributed by atoms with Crippen molar-refractivity contribution in [2.24, 2.45) is 4.99 Å². The highest BCUT2D eigenvalue weighted by Crippen LogP contribution is 2.31. The number of rotatable bonds is 4. The zero-order valence-electron chi connectivity index (χ0n) is 18.1. The van der Waals surface area contributed by atoms with Crippen LogP contribution in [0.3, 0.4) is 0 Å². The summed E-state index contributed by atoms with van der Waals surface area (Å²) in [6, 6.07) is 8.20. The third-order valence-electron chi connectivity index (χ3n) is 5.55. The first-order valence-electron chi connectivity index (χ1n) is 10.3. The van der Waals surface area contributed by atoms with Crippen molar-refractivity contribution in [3.05, 3.63) is 57.8 Å². The Morgan fingerprint density at radius 2 is 1.97 bits per heavy atom. The number of benzene rings is 1. The third kappa shape index (κ3) is 3.61. The van der Waals surface area contributed by atoms with Gasteiger partial charge in [-0.05, 0) is 56.4 Å². The van der Waals surface area contributed by atoms with Crippen LogP contribution in [-0.4, -0.2) is 43.8 Å². The van der Waals surface area contributed by atoms with Crippen molar-refractivity contribution in [3.8, 4) is 5.82 Å². The van der Waals surface area contributed by atoms with E-state index in [9.17, 15) is 4.79 Å². The van der Waals surface area contributed by atoms with Gasteiger partial charge in [0.15, 0.2) is 11.0 Å². The van der Waals surface area contributed by atoms with Crippen LogP contribution >= 0.6 is 11.8 Å². The maximum atomic E-state index is 12.8. The molecule has 0 bridgehead atoms. The van der Waals surface area contributed by atoms with Gasteiger partial charge < -0.3 is 10.2 Å². The van der Waals surface area contributed by atoms with Crippen LogP contribution < -0.4 is 5.32 Å². The van der Waals surface area contributed by atoms with Crippen molar-refractivity contribution >= 4 is 39.6 Å². The Morgan fingerprint density at radius 1 is 1.13 bits per heavy atom. The second kappa shape index (κ2) is 7.53. The number of pyridine rings is 1. The molecule has 0 unspecified atom stereocenters. The van der Waals surface area contributed by atoms with E-state index in [0.717, 1.165) is 51.7 Å². The average molecular weight is 433 g/mol. The van der Waals surface area contributed by atoms with Gasteiger partial charge in [0, 0.05) is 23.7 Å². The molecule has 2 aliphatic heterocycles. The van der Waals surface area contributed by atoms with Gasteiger partial charge >= 0.3 is 0 Å². The fourth-order valence-electron chi connectivity index (χ4n) is 4.17. The van der Waals surface area contributed by atoms with Crippen molar-refractivity contribution < 1.29 is 4.79 Å². The first-order chi connectivity index (χ1) is 14.9. The fraction of sp³-hybridized carbons (Fsp3) is 0.304. The molecule has 5 rings (SSSR count). The van der Waals surface area contributed by atoms with Crippen molar-refractivity contribution in [2.45, 2.75) is 34.1 Å². The molecular formula is C23H24N6OS. The normalized spacial score (nSPS) is 15.3. The van der Waals surface area contributed by atoms with E-state index >= 15 is 0 Å². The van der Waals surface area contributed by atoms with E-state index in [4.69, 9.17) is 4.98 Å². The summed E-state index contributed by atoms with van der Waals surface area (Å²) in [4.78, 5) is 24.3. The summed E-state index contributed by atoms with van der Waals surface area (Å²) in [5.74, 6) is 1.25. The molecule has 2 aliphatic rings. The smallest absolute Gasteiger partial charge is 0.231 e. The van der Waals surface area contributed by atoms with Crippen molar-refractivity contribution in [3.63, 3.8) is 0 Å². The summed E-state index contributed by atoms with van der Waals surface area (Å²) in [7, 11) is 0. The number of hydrogen-bond acceptors (Lipinski definition) is 6. The van der Waals surface area contributed by atoms with Crippen LogP contribution in [-0.2, 0) is 4.79 Å². The van der Waals surface area contributed by atoms with Crippen LogP contribution in [0.4, 0.5) is 5.82 Å². The zero-order valence-corrected chi connectivity index (χ0v) is 18.9. The van der Waals surface area contributed by atoms with Crippen LogP contribution in [0.5, 0.6) is 0 Å². The Bertz CT molecular complexity index is 1290. The Morgan fingerprint density at radius 3 is 2.81 bits per heavy atom. The largest absolute Gasteiger partial charge is 0.322 e. The van der Waals surface area contributed by atoms with E-state index in [0.29, 0.717) is 18.1 Å². The molecule has 0 saturated carbocycles. The molecule has 3 aromatic rings. The number of aryl methyl sites for hydroxylation is 4. The van der Waals surface area contributed by atoms with Crippen LogP contribution in [0.2, 0.25) is 0 Å². The van der Waals surface area contributed by atoms with Crippen LogP contribution in [0.1, 0.15) is 28.8 Å². The topological polar surface area (TPSA) is 75.4 Å². The van der Waals surface area contributed by atoms with Gasteiger partial charge in [0.1, 0.15) is 5.82 Å². The molecule has 0 fully saturated rings. The van der Waals surface area contributed by atoms with E-state index in [1.165, 1.54) is 5.56 Å². The summed E-state index contributed by atoms with van der Waals surface area (Å²) < 4.78 is 1.72. The van der Waals surface area contributed by atoms with Gasteiger partial charge in [-0.1, -0.05) is 23.4 Å². The first kappa shape index (κ1) is 19.8. The molecule has 7 nitrogen and oxygen atoms in total. The highest BCUT2D eigenvalue weighted by Gasteiger charge is 2.27. The van der Waals surface area contributed by atoms with Gasteiger partial charge in [0.05, 0.1) is 24.2 Å². The minimum atomic E-state index is -0.0783. The molecule has 0 saturated heterocycles. The van der Waals surface area contributed by atoms with Crippen molar-refractivity contribution in [1.29, 1.82) is 0 Å². The van der Waals surface area contributed by atoms with Gasteiger partial charge in [-0.15, -0.1) is 0 Å². The Labute approximate surface area is 185 Å². The lowest BCUT2D eigenvalue weighted by atomic mass is 10.0. The standard InChI is InChI=1S/C23H24N6OS/c1-13-7-15(3)22-18(8-13)14(2)9-19(26-22)29-20(10-16(4)27-29)25-21(30)11-17-12-31-23-24-5-6-28(17)23/h7-10,12H,5-6,11H2,1-4H3,(H,25,30). The number of carbonyl (C=O) groups is 1. The fourth-order valence-corrected chi connectivity index (χ4v) is 5.12. The molecule has 1 N–H and O–H groups in total. The predicted molar refractivity (Wildman–Crippen MR) is 126 cm³/mol. The van der Waals surface area contributed by atoms with Gasteiger partial charge in [0.25, 0.3) is 0 Å². The van der Waals surface area contributed by atoms with E-state index < -0.39 is 0 Å². The molecular weight excluding hydrogens is 408 g/mol. The number of aliphatic imine (C=N–C) groups is 1. The lowest BCUT2D eigenvalue weighted by Gasteiger charge is -2.16. The number of aromatic nitrogens is 3. The molecule has 31 heavy (non-hydrogen) atoms. The second-order valence-electron chi connectivity index (χ2n) is 8.13. The van der Waals surface area contributed by atoms with Crippen LogP contribution in [0.15, 0.2) is 40.4 Å². The quantitative estimate of drug-likeness (QED) is 0.667. The summed E-state index contributed by atoms with van der Waals surface area (Å²) in [6.45, 7) is 9.81. The second-order valence-corrected chi connectivity index (χ2v) is 8.96. The van der Waals surface area contributed by atoms with Crippen molar-refractivity contribution in [1.82, 2.24) is 19.7 Å². The Hall–Kier alpha value is -3.13. The molecule has 1 aromatic carbocycles. The monoisotopic (exact) mass is 432 g/mol. The number of nitrogens with zero attached hydrogens (tertiary/aromatic N) is 5. The van der Waals surface area contributed by atoms with Crippen LogP contribution in [0, 0.1) is 27.7 Å². The van der Waals surface area contributed by atoms with Gasteiger partial charge in [-0.2, -0.15) is 9.78 Å². The molecule has 0 radical (unpaired) electrons. The molecule has 8 heteroatoms. The number of fused-ring (bicyclic) bond motifs is 2. The highest BCUT2D eigenvalue weighted by molar-refractivity contribution is 8.16. The van der Waals surface area contributed by atoms with E-state index in [-0.39, 0.29) is 5.91 Å². The summed E-state index contributed by atoms with van der Waals surface area (Å²) in [5, 5.41) is 11.8. The predicted octanol–water partition coefficient (Wildman–Crippen LogP) is 4.24.